The molecule has 9 nitrogen and oxygen atoms in total. The highest BCUT2D eigenvalue weighted by molar-refractivity contribution is 6.30. The summed E-state index contributed by atoms with van der Waals surface area (Å²) in [6, 6.07) is 10.3. The summed E-state index contributed by atoms with van der Waals surface area (Å²) in [7, 11) is 0. The van der Waals surface area contributed by atoms with Gasteiger partial charge in [0, 0.05) is 36.8 Å². The largest absolute Gasteiger partial charge is 0.444 e. The van der Waals surface area contributed by atoms with Gasteiger partial charge in [-0.1, -0.05) is 47.2 Å². The van der Waals surface area contributed by atoms with Crippen LogP contribution in [0.25, 0.3) is 5.57 Å². The summed E-state index contributed by atoms with van der Waals surface area (Å²) in [5, 5.41) is 19.6. The Labute approximate surface area is 262 Å². The standard InChI is InChI=1S/C33H39ClFN5O4/c1-21-7-6-8-25(22(21)2)23-11-15-38(16-12-23)30(42)33(13-17-39(18-14-33)31(43)44-32(3,4)5)40-20-28(36-37-40)29(41)26-10-9-24(34)19-27(26)35/h6-11,19-20,29,41H,12-18H2,1-5H3. The van der Waals surface area contributed by atoms with E-state index in [1.165, 1.54) is 45.3 Å². The number of piperidine rings is 1. The summed E-state index contributed by atoms with van der Waals surface area (Å²) in [6.45, 7) is 11.1. The number of carbonyl (C=O) groups is 2. The molecule has 2 aromatic carbocycles. The Hall–Kier alpha value is -3.76. The van der Waals surface area contributed by atoms with Gasteiger partial charge in [0.25, 0.3) is 5.91 Å². The molecule has 1 atom stereocenters. The van der Waals surface area contributed by atoms with Gasteiger partial charge in [0.05, 0.1) is 6.20 Å². The van der Waals surface area contributed by atoms with Crippen LogP contribution in [0.4, 0.5) is 9.18 Å². The topological polar surface area (TPSA) is 101 Å². The second-order valence-corrected chi connectivity index (χ2v) is 13.1. The molecule has 1 N–H and O–H groups in total. The van der Waals surface area contributed by atoms with Crippen LogP contribution in [0.3, 0.4) is 0 Å². The van der Waals surface area contributed by atoms with E-state index >= 15 is 0 Å². The fourth-order valence-electron chi connectivity index (χ4n) is 5.91. The van der Waals surface area contributed by atoms with Crippen LogP contribution in [-0.4, -0.2) is 73.7 Å². The second kappa shape index (κ2) is 12.3. The first-order chi connectivity index (χ1) is 20.8. The smallest absolute Gasteiger partial charge is 0.410 e. The number of carbonyl (C=O) groups excluding carboxylic acids is 2. The van der Waals surface area contributed by atoms with Crippen molar-refractivity contribution in [2.75, 3.05) is 26.2 Å². The number of nitrogens with zero attached hydrogens (tertiary/aromatic N) is 5. The van der Waals surface area contributed by atoms with Crippen molar-refractivity contribution in [3.8, 4) is 0 Å². The summed E-state index contributed by atoms with van der Waals surface area (Å²) in [6.07, 6.45) is 2.99. The number of halogens is 2. The first kappa shape index (κ1) is 31.7. The fraction of sp³-hybridized carbons (Fsp3) is 0.455. The fourth-order valence-corrected chi connectivity index (χ4v) is 6.07. The van der Waals surface area contributed by atoms with E-state index in [-0.39, 0.29) is 48.1 Å². The molecule has 0 spiro atoms. The maximum atomic E-state index is 14.6. The zero-order chi connectivity index (χ0) is 31.8. The van der Waals surface area contributed by atoms with Gasteiger partial charge < -0.3 is 19.6 Å². The number of aryl methyl sites for hydroxylation is 1. The van der Waals surface area contributed by atoms with Crippen molar-refractivity contribution in [2.24, 2.45) is 0 Å². The molecule has 3 aromatic rings. The number of hydrogen-bond acceptors (Lipinski definition) is 6. The molecular weight excluding hydrogens is 585 g/mol. The van der Waals surface area contributed by atoms with Crippen molar-refractivity contribution in [1.82, 2.24) is 24.8 Å². The number of benzene rings is 2. The van der Waals surface area contributed by atoms with Gasteiger partial charge in [-0.25, -0.2) is 13.9 Å². The molecule has 11 heteroatoms. The number of rotatable bonds is 5. The van der Waals surface area contributed by atoms with Crippen molar-refractivity contribution in [1.29, 1.82) is 0 Å². The highest BCUT2D eigenvalue weighted by Crippen LogP contribution is 2.36. The maximum Gasteiger partial charge on any atom is 0.410 e. The maximum absolute atomic E-state index is 14.6. The van der Waals surface area contributed by atoms with Gasteiger partial charge in [-0.2, -0.15) is 0 Å². The number of aliphatic hydroxyl groups excluding tert-OH is 1. The summed E-state index contributed by atoms with van der Waals surface area (Å²) in [4.78, 5) is 30.7. The molecule has 1 saturated heterocycles. The summed E-state index contributed by atoms with van der Waals surface area (Å²) >= 11 is 5.89. The Kier molecular flexibility index (Phi) is 8.87. The molecule has 2 aliphatic rings. The van der Waals surface area contributed by atoms with E-state index in [0.717, 1.165) is 6.07 Å². The zero-order valence-electron chi connectivity index (χ0n) is 25.8. The van der Waals surface area contributed by atoms with E-state index in [2.05, 4.69) is 48.4 Å². The first-order valence-electron chi connectivity index (χ1n) is 14.9. The van der Waals surface area contributed by atoms with Gasteiger partial charge in [0.2, 0.25) is 0 Å². The number of hydrogen-bond donors (Lipinski definition) is 1. The molecular formula is C33H39ClFN5O4. The quantitative estimate of drug-likeness (QED) is 0.385. The SMILES string of the molecule is Cc1cccc(C2=CCN(C(=O)C3(n4cc(C(O)c5ccc(Cl)cc5F)nn4)CCN(C(=O)OC(C)(C)C)CC3)CC2)c1C. The van der Waals surface area contributed by atoms with Crippen LogP contribution in [0.2, 0.25) is 5.02 Å². The van der Waals surface area contributed by atoms with Crippen molar-refractivity contribution >= 4 is 29.2 Å². The minimum Gasteiger partial charge on any atom is -0.444 e. The average molecular weight is 624 g/mol. The highest BCUT2D eigenvalue weighted by Gasteiger charge is 2.48. The van der Waals surface area contributed by atoms with E-state index < -0.39 is 29.2 Å². The van der Waals surface area contributed by atoms with E-state index in [1.807, 2.05) is 25.7 Å². The third-order valence-electron chi connectivity index (χ3n) is 8.57. The number of amides is 2. The first-order valence-corrected chi connectivity index (χ1v) is 15.3. The Morgan fingerprint density at radius 3 is 2.45 bits per heavy atom. The van der Waals surface area contributed by atoms with Gasteiger partial charge in [-0.3, -0.25) is 4.79 Å². The third-order valence-corrected chi connectivity index (χ3v) is 8.81. The molecule has 2 aliphatic heterocycles. The lowest BCUT2D eigenvalue weighted by atomic mass is 9.85. The molecule has 0 saturated carbocycles. The molecule has 1 aromatic heterocycles. The molecule has 0 radical (unpaired) electrons. The van der Waals surface area contributed by atoms with Crippen molar-refractivity contribution in [2.45, 2.75) is 71.1 Å². The van der Waals surface area contributed by atoms with Crippen LogP contribution < -0.4 is 0 Å². The molecule has 5 rings (SSSR count). The Morgan fingerprint density at radius 2 is 1.82 bits per heavy atom. The lowest BCUT2D eigenvalue weighted by Gasteiger charge is -2.43. The van der Waals surface area contributed by atoms with Gasteiger partial charge in [0.1, 0.15) is 28.8 Å². The average Bonchev–Trinajstić information content (AvgIpc) is 3.48. The highest BCUT2D eigenvalue weighted by atomic mass is 35.5. The van der Waals surface area contributed by atoms with Gasteiger partial charge in [0.15, 0.2) is 0 Å². The predicted molar refractivity (Wildman–Crippen MR) is 166 cm³/mol. The summed E-state index contributed by atoms with van der Waals surface area (Å²) in [5.41, 5.74) is 3.15. The molecule has 0 aliphatic carbocycles. The Balaban J connectivity index is 1.43. The van der Waals surface area contributed by atoms with Gasteiger partial charge in [-0.15, -0.1) is 5.10 Å². The third kappa shape index (κ3) is 6.37. The van der Waals surface area contributed by atoms with E-state index in [4.69, 9.17) is 16.3 Å². The molecule has 1 fully saturated rings. The van der Waals surface area contributed by atoms with Crippen molar-refractivity contribution < 1.29 is 23.8 Å². The molecule has 44 heavy (non-hydrogen) atoms. The zero-order valence-corrected chi connectivity index (χ0v) is 26.6. The normalized spacial score (nSPS) is 17.7. The lowest BCUT2D eigenvalue weighted by molar-refractivity contribution is -0.144. The minimum absolute atomic E-state index is 0.00158. The van der Waals surface area contributed by atoms with Crippen LogP contribution in [-0.2, 0) is 15.1 Å². The minimum atomic E-state index is -1.41. The summed E-state index contributed by atoms with van der Waals surface area (Å²) < 4.78 is 21.7. The van der Waals surface area contributed by atoms with Crippen LogP contribution in [0.5, 0.6) is 0 Å². The number of ether oxygens (including phenoxy) is 1. The van der Waals surface area contributed by atoms with Crippen LogP contribution in [0, 0.1) is 19.7 Å². The number of likely N-dealkylation sites (tertiary alicyclic amines) is 1. The van der Waals surface area contributed by atoms with Crippen LogP contribution in [0.1, 0.15) is 74.1 Å². The molecule has 234 valence electrons. The Morgan fingerprint density at radius 1 is 1.09 bits per heavy atom. The van der Waals surface area contributed by atoms with Gasteiger partial charge in [-0.05, 0) is 88.3 Å². The van der Waals surface area contributed by atoms with E-state index in [0.29, 0.717) is 19.5 Å². The Bertz CT molecular complexity index is 1590. The lowest BCUT2D eigenvalue weighted by Crippen LogP contribution is -2.58. The molecule has 1 unspecified atom stereocenters. The predicted octanol–water partition coefficient (Wildman–Crippen LogP) is 5.81. The molecule has 3 heterocycles. The van der Waals surface area contributed by atoms with E-state index in [9.17, 15) is 19.1 Å². The van der Waals surface area contributed by atoms with E-state index in [1.54, 1.807) is 4.90 Å². The molecule has 2 amide bonds. The van der Waals surface area contributed by atoms with Crippen LogP contribution >= 0.6 is 11.6 Å². The number of aliphatic hydroxyl groups is 1. The summed E-state index contributed by atoms with van der Waals surface area (Å²) in [5.74, 6) is -0.808. The van der Waals surface area contributed by atoms with Crippen LogP contribution in [0.15, 0.2) is 48.7 Å². The second-order valence-electron chi connectivity index (χ2n) is 12.6. The van der Waals surface area contributed by atoms with Crippen molar-refractivity contribution in [3.63, 3.8) is 0 Å². The van der Waals surface area contributed by atoms with Gasteiger partial charge >= 0.3 is 6.09 Å². The molecule has 0 bridgehead atoms. The van der Waals surface area contributed by atoms with Crippen molar-refractivity contribution in [3.05, 3.63) is 87.5 Å². The monoisotopic (exact) mass is 623 g/mol. The number of aromatic nitrogens is 3.